The number of aliphatic carboxylic acids is 1. The van der Waals surface area contributed by atoms with Gasteiger partial charge in [-0.25, -0.2) is 9.59 Å². The Balaban J connectivity index is 4.57. The van der Waals surface area contributed by atoms with Crippen LogP contribution in [0.4, 0.5) is 4.79 Å². The van der Waals surface area contributed by atoms with E-state index in [-0.39, 0.29) is 6.42 Å². The van der Waals surface area contributed by atoms with Crippen LogP contribution in [-0.2, 0) is 14.3 Å². The number of hydrogen-bond donors (Lipinski definition) is 2. The number of amides is 1. The van der Waals surface area contributed by atoms with Crippen LogP contribution in [0.3, 0.4) is 0 Å². The summed E-state index contributed by atoms with van der Waals surface area (Å²) in [5.41, 5.74) is -1.70. The monoisotopic (exact) mass is 191 g/mol. The van der Waals surface area contributed by atoms with Crippen LogP contribution in [0.1, 0.15) is 13.3 Å². The van der Waals surface area contributed by atoms with Gasteiger partial charge in [-0.2, -0.15) is 0 Å². The van der Waals surface area contributed by atoms with E-state index >= 15 is 0 Å². The minimum absolute atomic E-state index is 0.105. The standard InChI is InChI=1S/C7H13NO5/c1-4-7(13-3,5(9)10)8-6(11)12-2/h4H2,1-3H3,(H,8,11)(H,9,10). The molecule has 76 valence electrons. The first-order chi connectivity index (χ1) is 6.02. The van der Waals surface area contributed by atoms with Crippen LogP contribution in [0.25, 0.3) is 0 Å². The lowest BCUT2D eigenvalue weighted by Gasteiger charge is -2.26. The molecule has 0 fully saturated rings. The summed E-state index contributed by atoms with van der Waals surface area (Å²) in [5.74, 6) is -1.26. The third-order valence-corrected chi connectivity index (χ3v) is 1.68. The molecule has 0 rings (SSSR count). The van der Waals surface area contributed by atoms with Crippen molar-refractivity contribution in [2.24, 2.45) is 0 Å². The summed E-state index contributed by atoms with van der Waals surface area (Å²) in [6.07, 6.45) is -0.736. The Morgan fingerprint density at radius 2 is 2.00 bits per heavy atom. The van der Waals surface area contributed by atoms with Crippen molar-refractivity contribution in [3.8, 4) is 0 Å². The molecule has 1 unspecified atom stereocenters. The van der Waals surface area contributed by atoms with Crippen LogP contribution < -0.4 is 5.32 Å². The molecule has 0 aromatic carbocycles. The summed E-state index contributed by atoms with van der Waals surface area (Å²) < 4.78 is 8.98. The van der Waals surface area contributed by atoms with Crippen LogP contribution in [0.15, 0.2) is 0 Å². The maximum absolute atomic E-state index is 10.8. The Morgan fingerprint density at radius 1 is 1.46 bits per heavy atom. The van der Waals surface area contributed by atoms with Gasteiger partial charge in [0.25, 0.3) is 0 Å². The lowest BCUT2D eigenvalue weighted by atomic mass is 10.1. The van der Waals surface area contributed by atoms with E-state index in [1.165, 1.54) is 7.11 Å². The summed E-state index contributed by atoms with van der Waals surface area (Å²) in [4.78, 5) is 21.5. The van der Waals surface area contributed by atoms with E-state index < -0.39 is 17.8 Å². The Labute approximate surface area is 75.8 Å². The fourth-order valence-corrected chi connectivity index (χ4v) is 0.792. The van der Waals surface area contributed by atoms with E-state index in [1.807, 2.05) is 0 Å². The molecule has 0 aromatic heterocycles. The molecule has 0 aliphatic heterocycles. The average molecular weight is 191 g/mol. The van der Waals surface area contributed by atoms with Gasteiger partial charge in [0.2, 0.25) is 5.72 Å². The largest absolute Gasteiger partial charge is 0.478 e. The molecule has 0 heterocycles. The van der Waals surface area contributed by atoms with Crippen molar-refractivity contribution in [1.29, 1.82) is 0 Å². The molecule has 2 N–H and O–H groups in total. The Hall–Kier alpha value is -1.30. The minimum atomic E-state index is -1.70. The molecule has 0 spiro atoms. The van der Waals surface area contributed by atoms with Crippen LogP contribution >= 0.6 is 0 Å². The zero-order valence-corrected chi connectivity index (χ0v) is 7.79. The molecular formula is C7H13NO5. The van der Waals surface area contributed by atoms with Crippen molar-refractivity contribution in [2.75, 3.05) is 14.2 Å². The van der Waals surface area contributed by atoms with Crippen molar-refractivity contribution in [3.63, 3.8) is 0 Å². The molecule has 0 radical (unpaired) electrons. The number of ether oxygens (including phenoxy) is 2. The van der Waals surface area contributed by atoms with Gasteiger partial charge in [-0.05, 0) is 0 Å². The molecule has 0 bridgehead atoms. The van der Waals surface area contributed by atoms with E-state index in [9.17, 15) is 9.59 Å². The van der Waals surface area contributed by atoms with Gasteiger partial charge in [0, 0.05) is 13.5 Å². The average Bonchev–Trinajstić information content (AvgIpc) is 2.13. The zero-order chi connectivity index (χ0) is 10.5. The van der Waals surface area contributed by atoms with Crippen molar-refractivity contribution < 1.29 is 24.2 Å². The quantitative estimate of drug-likeness (QED) is 0.619. The summed E-state index contributed by atoms with van der Waals surface area (Å²) >= 11 is 0. The number of carbonyl (C=O) groups excluding carboxylic acids is 1. The van der Waals surface area contributed by atoms with Crippen LogP contribution in [0.2, 0.25) is 0 Å². The van der Waals surface area contributed by atoms with E-state index in [0.29, 0.717) is 0 Å². The molecule has 0 aliphatic rings. The predicted octanol–water partition coefficient (Wildman–Crippen LogP) is 0.180. The maximum Gasteiger partial charge on any atom is 0.409 e. The Morgan fingerprint density at radius 3 is 2.23 bits per heavy atom. The first-order valence-corrected chi connectivity index (χ1v) is 3.67. The lowest BCUT2D eigenvalue weighted by Crippen LogP contribution is -2.55. The number of carboxylic acids is 1. The number of alkyl carbamates (subject to hydrolysis) is 1. The second-order valence-electron chi connectivity index (χ2n) is 2.31. The number of nitrogens with one attached hydrogen (secondary N) is 1. The normalized spacial score (nSPS) is 14.4. The maximum atomic E-state index is 10.8. The van der Waals surface area contributed by atoms with Gasteiger partial charge in [0.15, 0.2) is 0 Å². The molecule has 1 amide bonds. The second-order valence-corrected chi connectivity index (χ2v) is 2.31. The van der Waals surface area contributed by atoms with Gasteiger partial charge in [-0.1, -0.05) is 6.92 Å². The summed E-state index contributed by atoms with van der Waals surface area (Å²) in [6, 6.07) is 0. The minimum Gasteiger partial charge on any atom is -0.478 e. The second kappa shape index (κ2) is 4.66. The van der Waals surface area contributed by atoms with Crippen molar-refractivity contribution in [2.45, 2.75) is 19.1 Å². The third-order valence-electron chi connectivity index (χ3n) is 1.68. The summed E-state index contributed by atoms with van der Waals surface area (Å²) in [7, 11) is 2.35. The number of methoxy groups -OCH3 is 2. The SMILES string of the molecule is CCC(NC(=O)OC)(OC)C(=O)O. The first-order valence-electron chi connectivity index (χ1n) is 3.67. The van der Waals surface area contributed by atoms with E-state index in [1.54, 1.807) is 6.92 Å². The lowest BCUT2D eigenvalue weighted by molar-refractivity contribution is -0.166. The van der Waals surface area contributed by atoms with E-state index in [2.05, 4.69) is 10.1 Å². The van der Waals surface area contributed by atoms with E-state index in [0.717, 1.165) is 7.11 Å². The molecule has 0 aliphatic carbocycles. The predicted molar refractivity (Wildman–Crippen MR) is 43.2 cm³/mol. The van der Waals surface area contributed by atoms with Crippen molar-refractivity contribution >= 4 is 12.1 Å². The molecule has 0 aromatic rings. The smallest absolute Gasteiger partial charge is 0.409 e. The van der Waals surface area contributed by atoms with E-state index in [4.69, 9.17) is 9.84 Å². The zero-order valence-electron chi connectivity index (χ0n) is 7.79. The number of hydrogen-bond acceptors (Lipinski definition) is 4. The van der Waals surface area contributed by atoms with Gasteiger partial charge in [0.05, 0.1) is 7.11 Å². The highest BCUT2D eigenvalue weighted by Crippen LogP contribution is 2.11. The molecule has 6 heteroatoms. The Kier molecular flexibility index (Phi) is 4.19. The van der Waals surface area contributed by atoms with Crippen molar-refractivity contribution in [3.05, 3.63) is 0 Å². The molecule has 6 nitrogen and oxygen atoms in total. The van der Waals surface area contributed by atoms with Gasteiger partial charge >= 0.3 is 12.1 Å². The fourth-order valence-electron chi connectivity index (χ4n) is 0.792. The van der Waals surface area contributed by atoms with Gasteiger partial charge in [-0.3, -0.25) is 5.32 Å². The van der Waals surface area contributed by atoms with Gasteiger partial charge in [-0.15, -0.1) is 0 Å². The molecule has 0 saturated heterocycles. The van der Waals surface area contributed by atoms with Crippen LogP contribution in [-0.4, -0.2) is 37.1 Å². The highest BCUT2D eigenvalue weighted by atomic mass is 16.6. The Bertz CT molecular complexity index is 199. The fraction of sp³-hybridized carbons (Fsp3) is 0.714. The highest BCUT2D eigenvalue weighted by Gasteiger charge is 2.38. The number of carboxylic acid groups (broad SMARTS) is 1. The van der Waals surface area contributed by atoms with Gasteiger partial charge < -0.3 is 14.6 Å². The molecule has 1 atom stereocenters. The number of carbonyl (C=O) groups is 2. The number of rotatable bonds is 4. The van der Waals surface area contributed by atoms with Gasteiger partial charge in [0.1, 0.15) is 0 Å². The summed E-state index contributed by atoms with van der Waals surface area (Å²) in [6.45, 7) is 1.58. The summed E-state index contributed by atoms with van der Waals surface area (Å²) in [5, 5.41) is 10.9. The molecule has 0 saturated carbocycles. The van der Waals surface area contributed by atoms with Crippen molar-refractivity contribution in [1.82, 2.24) is 5.32 Å². The third kappa shape index (κ3) is 2.59. The first kappa shape index (κ1) is 11.7. The highest BCUT2D eigenvalue weighted by molar-refractivity contribution is 5.82. The molecule has 13 heavy (non-hydrogen) atoms. The van der Waals surface area contributed by atoms with Crippen LogP contribution in [0.5, 0.6) is 0 Å². The van der Waals surface area contributed by atoms with Crippen LogP contribution in [0, 0.1) is 0 Å². The molecular weight excluding hydrogens is 178 g/mol. The topological polar surface area (TPSA) is 84.9 Å².